The monoisotopic (exact) mass is 488 g/mol. The third-order valence-corrected chi connectivity index (χ3v) is 11.4. The van der Waals surface area contributed by atoms with Gasteiger partial charge in [-0.05, 0) is 112 Å². The van der Waals surface area contributed by atoms with Crippen molar-refractivity contribution in [1.29, 1.82) is 0 Å². The number of rotatable bonds is 8. The van der Waals surface area contributed by atoms with Gasteiger partial charge in [0.2, 0.25) is 0 Å². The summed E-state index contributed by atoms with van der Waals surface area (Å²) in [6.45, 7) is 10.6. The third-order valence-electron chi connectivity index (χ3n) is 11.4. The topological polar surface area (TPSA) is 18.5 Å². The van der Waals surface area contributed by atoms with Crippen molar-refractivity contribution in [3.63, 3.8) is 0 Å². The lowest BCUT2D eigenvalue weighted by Gasteiger charge is -2.54. The van der Waals surface area contributed by atoms with E-state index in [0.29, 0.717) is 5.41 Å². The standard InChI is InChI=1S/C32H53FO2/c1-21(2)8-7-9-22(3)29-13-14-30-28-18-23(20-33)27-19-24(35-31-10-5-6-17-34-31)11-12-25(27)26(28)15-16-32(29,30)4/h21-24,26,28-31H,5-20H2,1-4H3/t22-,23?,24+,26-,28-,29-,30+,31?,32-/m1/s1. The highest BCUT2D eigenvalue weighted by Crippen LogP contribution is 2.65. The van der Waals surface area contributed by atoms with Gasteiger partial charge >= 0.3 is 0 Å². The van der Waals surface area contributed by atoms with Gasteiger partial charge in [-0.2, -0.15) is 0 Å². The van der Waals surface area contributed by atoms with E-state index in [-0.39, 0.29) is 25.0 Å². The summed E-state index contributed by atoms with van der Waals surface area (Å²) < 4.78 is 26.8. The predicted molar refractivity (Wildman–Crippen MR) is 142 cm³/mol. The van der Waals surface area contributed by atoms with Crippen LogP contribution >= 0.6 is 0 Å². The normalized spacial score (nSPS) is 42.5. The Morgan fingerprint density at radius 3 is 2.63 bits per heavy atom. The fraction of sp³-hybridized carbons (Fsp3) is 0.938. The molecule has 0 amide bonds. The average molecular weight is 489 g/mol. The number of alkyl halides is 1. The molecule has 3 fully saturated rings. The van der Waals surface area contributed by atoms with Crippen LogP contribution in [-0.4, -0.2) is 25.7 Å². The van der Waals surface area contributed by atoms with E-state index in [4.69, 9.17) is 9.47 Å². The number of hydrogen-bond acceptors (Lipinski definition) is 2. The lowest BCUT2D eigenvalue weighted by Crippen LogP contribution is -2.47. The lowest BCUT2D eigenvalue weighted by molar-refractivity contribution is -0.190. The summed E-state index contributed by atoms with van der Waals surface area (Å²) in [5, 5.41) is 0. The Balaban J connectivity index is 1.27. The van der Waals surface area contributed by atoms with Crippen molar-refractivity contribution in [3.8, 4) is 0 Å². The average Bonchev–Trinajstić information content (AvgIpc) is 3.21. The van der Waals surface area contributed by atoms with E-state index < -0.39 is 0 Å². The number of fused-ring (bicyclic) bond motifs is 4. The molecule has 9 atom stereocenters. The van der Waals surface area contributed by atoms with E-state index in [1.807, 2.05) is 0 Å². The first-order chi connectivity index (χ1) is 16.9. The SMILES string of the molecule is CC(C)CCC[C@@H](C)[C@H]1CC[C@H]2[C@@H]3CC(CF)C4=C(CC[C@H](OC5CCCCO5)C4)[C@H]3CC[C@]12C. The van der Waals surface area contributed by atoms with Crippen LogP contribution in [0.1, 0.15) is 118 Å². The van der Waals surface area contributed by atoms with E-state index in [1.54, 1.807) is 5.57 Å². The number of allylic oxidation sites excluding steroid dienone is 1. The summed E-state index contributed by atoms with van der Waals surface area (Å²) in [5.41, 5.74) is 3.64. The summed E-state index contributed by atoms with van der Waals surface area (Å²) in [4.78, 5) is 0. The molecule has 0 aromatic carbocycles. The molecule has 2 saturated carbocycles. The minimum Gasteiger partial charge on any atom is -0.353 e. The molecule has 0 N–H and O–H groups in total. The fourth-order valence-corrected chi connectivity index (χ4v) is 9.66. The van der Waals surface area contributed by atoms with Crippen LogP contribution in [0.25, 0.3) is 0 Å². The van der Waals surface area contributed by atoms with Crippen molar-refractivity contribution in [2.24, 2.45) is 46.8 Å². The molecule has 5 aliphatic rings. The molecule has 0 spiro atoms. The fourth-order valence-electron chi connectivity index (χ4n) is 9.66. The lowest BCUT2D eigenvalue weighted by atomic mass is 9.51. The third kappa shape index (κ3) is 5.29. The summed E-state index contributed by atoms with van der Waals surface area (Å²) in [6, 6.07) is 0. The zero-order valence-corrected chi connectivity index (χ0v) is 23.2. The van der Waals surface area contributed by atoms with Gasteiger partial charge in [0.25, 0.3) is 0 Å². The van der Waals surface area contributed by atoms with Gasteiger partial charge < -0.3 is 9.47 Å². The van der Waals surface area contributed by atoms with Crippen molar-refractivity contribution in [2.45, 2.75) is 130 Å². The van der Waals surface area contributed by atoms with Gasteiger partial charge in [-0.15, -0.1) is 0 Å². The van der Waals surface area contributed by atoms with Crippen LogP contribution in [0.2, 0.25) is 0 Å². The van der Waals surface area contributed by atoms with E-state index in [0.717, 1.165) is 80.6 Å². The number of halogens is 1. The Morgan fingerprint density at radius 1 is 1.03 bits per heavy atom. The van der Waals surface area contributed by atoms with Crippen LogP contribution in [0.15, 0.2) is 11.1 Å². The van der Waals surface area contributed by atoms with Crippen LogP contribution in [0.5, 0.6) is 0 Å². The molecule has 1 heterocycles. The molecule has 2 unspecified atom stereocenters. The summed E-state index contributed by atoms with van der Waals surface area (Å²) in [5.74, 6) is 4.95. The largest absolute Gasteiger partial charge is 0.353 e. The van der Waals surface area contributed by atoms with Crippen molar-refractivity contribution in [1.82, 2.24) is 0 Å². The molecule has 2 nitrogen and oxygen atoms in total. The predicted octanol–water partition coefficient (Wildman–Crippen LogP) is 8.89. The molecule has 1 aliphatic heterocycles. The first-order valence-corrected chi connectivity index (χ1v) is 15.5. The first kappa shape index (κ1) is 26.2. The number of ether oxygens (including phenoxy) is 2. The minimum atomic E-state index is -0.173. The molecule has 4 aliphatic carbocycles. The maximum absolute atomic E-state index is 14.5. The highest BCUT2D eigenvalue weighted by Gasteiger charge is 2.57. The number of hydrogen-bond donors (Lipinski definition) is 0. The minimum absolute atomic E-state index is 0.0237. The quantitative estimate of drug-likeness (QED) is 0.318. The molecular weight excluding hydrogens is 435 g/mol. The van der Waals surface area contributed by atoms with Crippen LogP contribution in [0.4, 0.5) is 4.39 Å². The molecule has 200 valence electrons. The maximum atomic E-state index is 14.5. The van der Waals surface area contributed by atoms with Crippen LogP contribution < -0.4 is 0 Å². The smallest absolute Gasteiger partial charge is 0.157 e. The van der Waals surface area contributed by atoms with Gasteiger partial charge in [-0.3, -0.25) is 4.39 Å². The second-order valence-corrected chi connectivity index (χ2v) is 13.8. The molecule has 35 heavy (non-hydrogen) atoms. The highest BCUT2D eigenvalue weighted by molar-refractivity contribution is 5.29. The Bertz CT molecular complexity index is 740. The van der Waals surface area contributed by atoms with E-state index in [1.165, 1.54) is 56.9 Å². The Labute approximate surface area is 215 Å². The van der Waals surface area contributed by atoms with Crippen molar-refractivity contribution >= 4 is 0 Å². The van der Waals surface area contributed by atoms with Crippen LogP contribution in [0, 0.1) is 46.8 Å². The van der Waals surface area contributed by atoms with Gasteiger partial charge in [0.05, 0.1) is 12.8 Å². The Morgan fingerprint density at radius 2 is 1.89 bits per heavy atom. The van der Waals surface area contributed by atoms with Gasteiger partial charge in [0.1, 0.15) is 0 Å². The van der Waals surface area contributed by atoms with E-state index >= 15 is 0 Å². The van der Waals surface area contributed by atoms with Crippen molar-refractivity contribution in [3.05, 3.63) is 11.1 Å². The summed E-state index contributed by atoms with van der Waals surface area (Å²) >= 11 is 0. The van der Waals surface area contributed by atoms with Gasteiger partial charge in [-0.25, -0.2) is 0 Å². The van der Waals surface area contributed by atoms with Crippen molar-refractivity contribution in [2.75, 3.05) is 13.3 Å². The maximum Gasteiger partial charge on any atom is 0.157 e. The second kappa shape index (κ2) is 11.1. The van der Waals surface area contributed by atoms with Gasteiger partial charge in [0, 0.05) is 12.5 Å². The molecule has 0 bridgehead atoms. The van der Waals surface area contributed by atoms with E-state index in [9.17, 15) is 4.39 Å². The second-order valence-electron chi connectivity index (χ2n) is 13.8. The zero-order valence-electron chi connectivity index (χ0n) is 23.2. The first-order valence-electron chi connectivity index (χ1n) is 15.5. The van der Waals surface area contributed by atoms with Gasteiger partial charge in [0.15, 0.2) is 6.29 Å². The highest BCUT2D eigenvalue weighted by atomic mass is 19.1. The Kier molecular flexibility index (Phi) is 8.34. The molecule has 1 saturated heterocycles. The van der Waals surface area contributed by atoms with E-state index in [2.05, 4.69) is 27.7 Å². The van der Waals surface area contributed by atoms with Crippen LogP contribution in [0.3, 0.4) is 0 Å². The van der Waals surface area contributed by atoms with Gasteiger partial charge in [-0.1, -0.05) is 58.1 Å². The molecule has 0 aromatic rings. The molecular formula is C32H53FO2. The van der Waals surface area contributed by atoms with Crippen molar-refractivity contribution < 1.29 is 13.9 Å². The van der Waals surface area contributed by atoms with Crippen LogP contribution in [-0.2, 0) is 9.47 Å². The summed E-state index contributed by atoms with van der Waals surface area (Å²) in [7, 11) is 0. The Hall–Kier alpha value is -0.410. The summed E-state index contributed by atoms with van der Waals surface area (Å²) in [6.07, 6.45) is 17.6. The molecule has 3 heteroatoms. The molecule has 0 aromatic heterocycles. The zero-order chi connectivity index (χ0) is 24.6. The molecule has 5 rings (SSSR count). The molecule has 0 radical (unpaired) electrons.